The van der Waals surface area contributed by atoms with E-state index in [1.807, 2.05) is 4.90 Å². The summed E-state index contributed by atoms with van der Waals surface area (Å²) in [5.74, 6) is -0.506. The number of hydrogen-bond acceptors (Lipinski definition) is 3. The van der Waals surface area contributed by atoms with Gasteiger partial charge in [0.2, 0.25) is 5.91 Å². The summed E-state index contributed by atoms with van der Waals surface area (Å²) in [6, 6.07) is 0. The number of piperidine rings is 1. The van der Waals surface area contributed by atoms with E-state index in [0.29, 0.717) is 6.61 Å². The Labute approximate surface area is 101 Å². The van der Waals surface area contributed by atoms with Crippen molar-refractivity contribution < 1.29 is 19.4 Å². The van der Waals surface area contributed by atoms with Crippen molar-refractivity contribution in [3.8, 4) is 0 Å². The predicted molar refractivity (Wildman–Crippen MR) is 60.5 cm³/mol. The van der Waals surface area contributed by atoms with Crippen LogP contribution in [0.15, 0.2) is 0 Å². The highest BCUT2D eigenvalue weighted by Gasteiger charge is 2.43. The molecule has 96 valence electrons. The molecule has 1 unspecified atom stereocenters. The fraction of sp³-hybridized carbons (Fsp3) is 0.833. The van der Waals surface area contributed by atoms with Crippen molar-refractivity contribution in [2.24, 2.45) is 5.92 Å². The molecule has 1 N–H and O–H groups in total. The molecule has 5 nitrogen and oxygen atoms in total. The van der Waals surface area contributed by atoms with Gasteiger partial charge in [0.05, 0.1) is 18.6 Å². The second kappa shape index (κ2) is 4.64. The molecule has 2 heterocycles. The van der Waals surface area contributed by atoms with Crippen LogP contribution < -0.4 is 0 Å². The van der Waals surface area contributed by atoms with Gasteiger partial charge in [-0.1, -0.05) is 0 Å². The molecule has 0 aromatic carbocycles. The van der Waals surface area contributed by atoms with E-state index < -0.39 is 5.97 Å². The maximum absolute atomic E-state index is 11.2. The number of carboxylic acids is 1. The molecular weight excluding hydrogens is 222 g/mol. The monoisotopic (exact) mass is 241 g/mol. The Bertz CT molecular complexity index is 320. The summed E-state index contributed by atoms with van der Waals surface area (Å²) in [5, 5.41) is 8.77. The largest absolute Gasteiger partial charge is 0.481 e. The molecule has 0 bridgehead atoms. The maximum atomic E-state index is 11.2. The van der Waals surface area contributed by atoms with Crippen LogP contribution in [0, 0.1) is 5.92 Å². The van der Waals surface area contributed by atoms with Gasteiger partial charge in [0.1, 0.15) is 0 Å². The Balaban J connectivity index is 1.87. The van der Waals surface area contributed by atoms with Gasteiger partial charge in [0.15, 0.2) is 0 Å². The first-order valence-electron chi connectivity index (χ1n) is 6.12. The van der Waals surface area contributed by atoms with E-state index in [1.54, 1.807) is 6.92 Å². The normalized spacial score (nSPS) is 27.4. The van der Waals surface area contributed by atoms with Crippen LogP contribution >= 0.6 is 0 Å². The van der Waals surface area contributed by atoms with Crippen molar-refractivity contribution in [2.75, 3.05) is 19.7 Å². The molecular formula is C12H19NO4. The van der Waals surface area contributed by atoms with Crippen LogP contribution in [0.2, 0.25) is 0 Å². The fourth-order valence-corrected chi connectivity index (χ4v) is 2.89. The molecule has 2 fully saturated rings. The van der Waals surface area contributed by atoms with Gasteiger partial charge in [-0.3, -0.25) is 9.59 Å². The summed E-state index contributed by atoms with van der Waals surface area (Å²) in [4.78, 5) is 23.7. The predicted octanol–water partition coefficient (Wildman–Crippen LogP) is 0.879. The highest BCUT2D eigenvalue weighted by atomic mass is 16.5. The molecule has 0 aliphatic carbocycles. The number of nitrogens with zero attached hydrogens (tertiary/aromatic N) is 1. The molecule has 2 aliphatic rings. The molecule has 1 atom stereocenters. The SMILES string of the molecule is CC(=O)N1CCC2(CC1)CC(CC(=O)O)CO2. The topological polar surface area (TPSA) is 66.8 Å². The van der Waals surface area contributed by atoms with Crippen LogP contribution in [0.1, 0.15) is 32.6 Å². The summed E-state index contributed by atoms with van der Waals surface area (Å²) in [5.41, 5.74) is -0.161. The van der Waals surface area contributed by atoms with Gasteiger partial charge < -0.3 is 14.7 Å². The molecule has 2 aliphatic heterocycles. The minimum Gasteiger partial charge on any atom is -0.481 e. The fourth-order valence-electron chi connectivity index (χ4n) is 2.89. The van der Waals surface area contributed by atoms with E-state index in [1.165, 1.54) is 0 Å². The first-order valence-corrected chi connectivity index (χ1v) is 6.12. The number of hydrogen-bond donors (Lipinski definition) is 1. The molecule has 17 heavy (non-hydrogen) atoms. The van der Waals surface area contributed by atoms with E-state index in [4.69, 9.17) is 9.84 Å². The zero-order valence-corrected chi connectivity index (χ0v) is 10.1. The third-order valence-corrected chi connectivity index (χ3v) is 3.87. The summed E-state index contributed by atoms with van der Waals surface area (Å²) in [6.07, 6.45) is 2.69. The standard InChI is InChI=1S/C12H19NO4/c1-9(14)13-4-2-12(3-5-13)7-10(8-17-12)6-11(15)16/h10H,2-8H2,1H3,(H,15,16). The zero-order chi connectivity index (χ0) is 12.5. The summed E-state index contributed by atoms with van der Waals surface area (Å²) < 4.78 is 5.82. The van der Waals surface area contributed by atoms with Gasteiger partial charge in [-0.15, -0.1) is 0 Å². The lowest BCUT2D eigenvalue weighted by Crippen LogP contribution is -2.45. The van der Waals surface area contributed by atoms with Crippen molar-refractivity contribution >= 4 is 11.9 Å². The molecule has 1 amide bonds. The smallest absolute Gasteiger partial charge is 0.303 e. The minimum atomic E-state index is -0.753. The highest BCUT2D eigenvalue weighted by Crippen LogP contribution is 2.39. The van der Waals surface area contributed by atoms with Gasteiger partial charge in [-0.25, -0.2) is 0 Å². The van der Waals surface area contributed by atoms with Crippen molar-refractivity contribution in [3.63, 3.8) is 0 Å². The van der Waals surface area contributed by atoms with Gasteiger partial charge in [-0.05, 0) is 25.2 Å². The number of ether oxygens (including phenoxy) is 1. The number of carbonyl (C=O) groups is 2. The van der Waals surface area contributed by atoms with E-state index >= 15 is 0 Å². The lowest BCUT2D eigenvalue weighted by molar-refractivity contribution is -0.138. The van der Waals surface area contributed by atoms with Crippen LogP contribution in [0.3, 0.4) is 0 Å². The highest BCUT2D eigenvalue weighted by molar-refractivity contribution is 5.73. The first-order chi connectivity index (χ1) is 8.01. The molecule has 1 spiro atoms. The number of carboxylic acid groups (broad SMARTS) is 1. The van der Waals surface area contributed by atoms with E-state index in [0.717, 1.165) is 32.4 Å². The quantitative estimate of drug-likeness (QED) is 0.779. The third kappa shape index (κ3) is 2.77. The average Bonchev–Trinajstić information content (AvgIpc) is 2.61. The molecule has 0 saturated carbocycles. The number of amides is 1. The van der Waals surface area contributed by atoms with Crippen LogP contribution in [-0.4, -0.2) is 47.2 Å². The zero-order valence-electron chi connectivity index (χ0n) is 10.1. The Hall–Kier alpha value is -1.10. The van der Waals surface area contributed by atoms with Crippen molar-refractivity contribution in [1.29, 1.82) is 0 Å². The van der Waals surface area contributed by atoms with Crippen LogP contribution in [0.5, 0.6) is 0 Å². The molecule has 0 aromatic heterocycles. The number of carbonyl (C=O) groups excluding carboxylic acids is 1. The minimum absolute atomic E-state index is 0.111. The maximum Gasteiger partial charge on any atom is 0.303 e. The van der Waals surface area contributed by atoms with Gasteiger partial charge >= 0.3 is 5.97 Å². The van der Waals surface area contributed by atoms with Crippen molar-refractivity contribution in [1.82, 2.24) is 4.90 Å². The number of rotatable bonds is 2. The Kier molecular flexibility index (Phi) is 3.38. The molecule has 0 radical (unpaired) electrons. The van der Waals surface area contributed by atoms with E-state index in [9.17, 15) is 9.59 Å². The second-order valence-corrected chi connectivity index (χ2v) is 5.17. The average molecular weight is 241 g/mol. The number of aliphatic carboxylic acids is 1. The Morgan fingerprint density at radius 2 is 2.06 bits per heavy atom. The van der Waals surface area contributed by atoms with E-state index in [-0.39, 0.29) is 23.8 Å². The lowest BCUT2D eigenvalue weighted by atomic mass is 9.84. The van der Waals surface area contributed by atoms with Crippen LogP contribution in [0.25, 0.3) is 0 Å². The molecule has 2 saturated heterocycles. The third-order valence-electron chi connectivity index (χ3n) is 3.87. The molecule has 5 heteroatoms. The summed E-state index contributed by atoms with van der Waals surface area (Å²) in [7, 11) is 0. The molecule has 0 aromatic rings. The first kappa shape index (κ1) is 12.4. The Morgan fingerprint density at radius 3 is 2.59 bits per heavy atom. The summed E-state index contributed by atoms with van der Waals surface area (Å²) in [6.45, 7) is 3.59. The second-order valence-electron chi connectivity index (χ2n) is 5.17. The van der Waals surface area contributed by atoms with Crippen LogP contribution in [0.4, 0.5) is 0 Å². The summed E-state index contributed by atoms with van der Waals surface area (Å²) >= 11 is 0. The van der Waals surface area contributed by atoms with Gasteiger partial charge in [0, 0.05) is 20.0 Å². The van der Waals surface area contributed by atoms with Crippen molar-refractivity contribution in [3.05, 3.63) is 0 Å². The lowest BCUT2D eigenvalue weighted by Gasteiger charge is -2.38. The van der Waals surface area contributed by atoms with Gasteiger partial charge in [-0.2, -0.15) is 0 Å². The molecule has 2 rings (SSSR count). The van der Waals surface area contributed by atoms with E-state index in [2.05, 4.69) is 0 Å². The number of likely N-dealkylation sites (tertiary alicyclic amines) is 1. The van der Waals surface area contributed by atoms with Gasteiger partial charge in [0.25, 0.3) is 0 Å². The Morgan fingerprint density at radius 1 is 1.41 bits per heavy atom. The van der Waals surface area contributed by atoms with Crippen molar-refractivity contribution in [2.45, 2.75) is 38.2 Å². The van der Waals surface area contributed by atoms with Crippen LogP contribution in [-0.2, 0) is 14.3 Å².